The zero-order valence-corrected chi connectivity index (χ0v) is 24.3. The van der Waals surface area contributed by atoms with Gasteiger partial charge in [0.05, 0.1) is 25.6 Å². The highest BCUT2D eigenvalue weighted by Crippen LogP contribution is 2.46. The molecule has 33 heavy (non-hydrogen) atoms. The third-order valence-corrected chi connectivity index (χ3v) is 7.96. The first-order valence-electron chi connectivity index (χ1n) is 10.1. The van der Waals surface area contributed by atoms with Crippen molar-refractivity contribution in [2.45, 2.75) is 30.1 Å². The van der Waals surface area contributed by atoms with Crippen molar-refractivity contribution in [2.24, 2.45) is 0 Å². The molecule has 12 heteroatoms. The molecule has 0 unspecified atom stereocenters. The number of carbonyl (C=O) groups excluding carboxylic acids is 1. The molecular weight excluding hydrogens is 598 g/mol. The SMILES string of the molecule is COc1cc(OC)c(Cl)c(N(COCC[Si](C)(C)C)C(=O)N(C)c2cc(CI)ncn2)c1Cl. The number of amides is 2. The van der Waals surface area contributed by atoms with Gasteiger partial charge in [-0.25, -0.2) is 14.8 Å². The zero-order valence-electron chi connectivity index (χ0n) is 19.6. The van der Waals surface area contributed by atoms with Crippen LogP contribution in [0.25, 0.3) is 0 Å². The number of rotatable bonds is 10. The van der Waals surface area contributed by atoms with E-state index in [1.54, 1.807) is 19.2 Å². The predicted molar refractivity (Wildman–Crippen MR) is 145 cm³/mol. The number of carbonyl (C=O) groups is 1. The van der Waals surface area contributed by atoms with E-state index in [1.165, 1.54) is 30.3 Å². The molecule has 0 aliphatic carbocycles. The minimum Gasteiger partial charge on any atom is -0.495 e. The van der Waals surface area contributed by atoms with E-state index in [2.05, 4.69) is 52.2 Å². The van der Waals surface area contributed by atoms with Crippen LogP contribution in [0.2, 0.25) is 35.7 Å². The third kappa shape index (κ3) is 7.32. The molecule has 2 amide bonds. The number of halogens is 3. The number of anilines is 2. The molecular formula is C21H29Cl2IN4O4Si. The lowest BCUT2D eigenvalue weighted by molar-refractivity contribution is 0.148. The largest absolute Gasteiger partial charge is 0.495 e. The van der Waals surface area contributed by atoms with E-state index < -0.39 is 14.1 Å². The molecule has 0 atom stereocenters. The Morgan fingerprint density at radius 3 is 2.21 bits per heavy atom. The Balaban J connectivity index is 2.49. The molecule has 0 saturated carbocycles. The number of hydrogen-bond donors (Lipinski definition) is 0. The fourth-order valence-electron chi connectivity index (χ4n) is 2.78. The second-order valence-corrected chi connectivity index (χ2v) is 15.5. The second kappa shape index (κ2) is 12.4. The standard InChI is InChI=1S/C21H29Cl2IN4O4Si/c1-27(17-9-14(11-24)25-12-26-17)21(29)28(13-32-7-8-33(4,5)6)20-18(22)15(30-2)10-16(31-3)19(20)23/h9-10,12H,7-8,11,13H2,1-6H3. The van der Waals surface area contributed by atoms with Gasteiger partial charge in [0, 0.05) is 38.3 Å². The summed E-state index contributed by atoms with van der Waals surface area (Å²) < 4.78 is 17.4. The summed E-state index contributed by atoms with van der Waals surface area (Å²) in [5, 5.41) is 0.351. The molecule has 1 heterocycles. The predicted octanol–water partition coefficient (Wildman–Crippen LogP) is 6.11. The maximum absolute atomic E-state index is 13.7. The number of nitrogens with zero attached hydrogens (tertiary/aromatic N) is 4. The number of urea groups is 1. The number of hydrogen-bond acceptors (Lipinski definition) is 6. The molecule has 0 aliphatic rings. The van der Waals surface area contributed by atoms with Crippen molar-refractivity contribution in [3.63, 3.8) is 0 Å². The van der Waals surface area contributed by atoms with Crippen molar-refractivity contribution in [2.75, 3.05) is 44.4 Å². The van der Waals surface area contributed by atoms with Gasteiger partial charge in [0.1, 0.15) is 40.4 Å². The molecule has 0 aliphatic heterocycles. The fourth-order valence-corrected chi connectivity index (χ4v) is 4.66. The van der Waals surface area contributed by atoms with Crippen LogP contribution in [0.4, 0.5) is 16.3 Å². The molecule has 8 nitrogen and oxygen atoms in total. The maximum Gasteiger partial charge on any atom is 0.331 e. The smallest absolute Gasteiger partial charge is 0.331 e. The second-order valence-electron chi connectivity index (χ2n) is 8.38. The summed E-state index contributed by atoms with van der Waals surface area (Å²) in [5.74, 6) is 1.09. The van der Waals surface area contributed by atoms with Crippen LogP contribution in [-0.2, 0) is 9.16 Å². The minimum atomic E-state index is -1.32. The molecule has 0 bridgehead atoms. The molecule has 182 valence electrons. The van der Waals surface area contributed by atoms with Gasteiger partial charge >= 0.3 is 6.03 Å². The van der Waals surface area contributed by atoms with E-state index in [0.717, 1.165) is 11.7 Å². The van der Waals surface area contributed by atoms with E-state index in [4.69, 9.17) is 37.4 Å². The lowest BCUT2D eigenvalue weighted by atomic mass is 10.2. The molecule has 1 aromatic carbocycles. The van der Waals surface area contributed by atoms with E-state index in [9.17, 15) is 4.79 Å². The number of methoxy groups -OCH3 is 2. The monoisotopic (exact) mass is 626 g/mol. The lowest BCUT2D eigenvalue weighted by Crippen LogP contribution is -2.43. The van der Waals surface area contributed by atoms with Crippen molar-refractivity contribution >= 4 is 71.4 Å². The highest BCUT2D eigenvalue weighted by Gasteiger charge is 2.30. The zero-order chi connectivity index (χ0) is 24.8. The summed E-state index contributed by atoms with van der Waals surface area (Å²) in [6.45, 7) is 7.22. The molecule has 0 spiro atoms. The number of alkyl halides is 1. The normalized spacial score (nSPS) is 11.3. The van der Waals surface area contributed by atoms with Crippen LogP contribution in [0.1, 0.15) is 5.69 Å². The summed E-state index contributed by atoms with van der Waals surface area (Å²) in [5.41, 5.74) is 1.04. The van der Waals surface area contributed by atoms with E-state index >= 15 is 0 Å². The molecule has 2 rings (SSSR count). The van der Waals surface area contributed by atoms with E-state index in [0.29, 0.717) is 28.4 Å². The van der Waals surface area contributed by atoms with Crippen molar-refractivity contribution in [1.82, 2.24) is 9.97 Å². The quantitative estimate of drug-likeness (QED) is 0.104. The topological polar surface area (TPSA) is 77.0 Å². The summed E-state index contributed by atoms with van der Waals surface area (Å²) in [4.78, 5) is 24.9. The van der Waals surface area contributed by atoms with E-state index in [1.807, 2.05) is 0 Å². The fraction of sp³-hybridized carbons (Fsp3) is 0.476. The van der Waals surface area contributed by atoms with Gasteiger partial charge in [0.15, 0.2) is 0 Å². The number of ether oxygens (including phenoxy) is 3. The van der Waals surface area contributed by atoms with Crippen LogP contribution in [-0.4, -0.2) is 58.7 Å². The highest BCUT2D eigenvalue weighted by molar-refractivity contribution is 14.1. The summed E-state index contributed by atoms with van der Waals surface area (Å²) >= 11 is 15.4. The van der Waals surface area contributed by atoms with Gasteiger partial charge in [-0.3, -0.25) is 9.80 Å². The third-order valence-electron chi connectivity index (χ3n) is 4.74. The average Bonchev–Trinajstić information content (AvgIpc) is 2.79. The van der Waals surface area contributed by atoms with Crippen molar-refractivity contribution in [3.05, 3.63) is 34.2 Å². The van der Waals surface area contributed by atoms with Crippen LogP contribution >= 0.6 is 45.8 Å². The highest BCUT2D eigenvalue weighted by atomic mass is 127. The van der Waals surface area contributed by atoms with Gasteiger partial charge < -0.3 is 14.2 Å². The molecule has 0 N–H and O–H groups in total. The first-order valence-corrected chi connectivity index (χ1v) is 16.1. The Morgan fingerprint density at radius 2 is 1.70 bits per heavy atom. The van der Waals surface area contributed by atoms with Crippen LogP contribution in [0.3, 0.4) is 0 Å². The Kier molecular flexibility index (Phi) is 10.5. The number of benzene rings is 1. The van der Waals surface area contributed by atoms with E-state index in [-0.39, 0.29) is 22.5 Å². The summed E-state index contributed by atoms with van der Waals surface area (Å²) in [6, 6.07) is 3.84. The minimum absolute atomic E-state index is 0.0619. The van der Waals surface area contributed by atoms with Crippen LogP contribution in [0.15, 0.2) is 18.5 Å². The van der Waals surface area contributed by atoms with Crippen molar-refractivity contribution in [3.8, 4) is 11.5 Å². The van der Waals surface area contributed by atoms with Gasteiger partial charge in [-0.05, 0) is 6.04 Å². The first-order chi connectivity index (χ1) is 15.5. The lowest BCUT2D eigenvalue weighted by Gasteiger charge is -2.30. The van der Waals surface area contributed by atoms with Gasteiger partial charge in [0.25, 0.3) is 0 Å². The van der Waals surface area contributed by atoms with Gasteiger partial charge in [-0.2, -0.15) is 0 Å². The summed E-state index contributed by atoms with van der Waals surface area (Å²) in [7, 11) is 3.26. The maximum atomic E-state index is 13.7. The Hall–Kier alpha value is -1.34. The van der Waals surface area contributed by atoms with Crippen molar-refractivity contribution < 1.29 is 19.0 Å². The average molecular weight is 627 g/mol. The Bertz CT molecular complexity index is 950. The molecule has 2 aromatic rings. The molecule has 0 fully saturated rings. The summed E-state index contributed by atoms with van der Waals surface area (Å²) in [6.07, 6.45) is 1.43. The molecule has 1 aromatic heterocycles. The van der Waals surface area contributed by atoms with Crippen LogP contribution in [0, 0.1) is 0 Å². The first kappa shape index (κ1) is 27.9. The van der Waals surface area contributed by atoms with Gasteiger partial charge in [0.2, 0.25) is 0 Å². The van der Waals surface area contributed by atoms with Gasteiger partial charge in [-0.1, -0.05) is 65.4 Å². The van der Waals surface area contributed by atoms with Crippen LogP contribution in [0.5, 0.6) is 11.5 Å². The molecule has 0 radical (unpaired) electrons. The Labute approximate surface area is 219 Å². The Morgan fingerprint density at radius 1 is 1.09 bits per heavy atom. The van der Waals surface area contributed by atoms with Crippen LogP contribution < -0.4 is 19.3 Å². The number of aromatic nitrogens is 2. The van der Waals surface area contributed by atoms with Crippen molar-refractivity contribution in [1.29, 1.82) is 0 Å². The van der Waals surface area contributed by atoms with Gasteiger partial charge in [-0.15, -0.1) is 0 Å². The molecule has 0 saturated heterocycles.